The van der Waals surface area contributed by atoms with Crippen LogP contribution >= 0.6 is 17.0 Å². The average molecular weight is 283 g/mol. The van der Waals surface area contributed by atoms with E-state index in [0.29, 0.717) is 0 Å². The van der Waals surface area contributed by atoms with Crippen LogP contribution in [-0.4, -0.2) is 0 Å². The van der Waals surface area contributed by atoms with E-state index < -0.39 is 20.8 Å². The van der Waals surface area contributed by atoms with Gasteiger partial charge < -0.3 is 0 Å². The van der Waals surface area contributed by atoms with Gasteiger partial charge in [-0.3, -0.25) is 0 Å². The number of hydrogen-bond donors (Lipinski definition) is 0. The Morgan fingerprint density at radius 1 is 1.42 bits per heavy atom. The summed E-state index contributed by atoms with van der Waals surface area (Å²) in [5, 5.41) is 0. The molecule has 67 valence electrons. The second kappa shape index (κ2) is 8.54. The van der Waals surface area contributed by atoms with Crippen LogP contribution < -0.4 is 0 Å². The minimum absolute atomic E-state index is 0.826. The monoisotopic (exact) mass is 281 g/mol. The first-order chi connectivity index (χ1) is 5.74. The van der Waals surface area contributed by atoms with Crippen molar-refractivity contribution in [1.82, 2.24) is 0 Å². The molecule has 0 fully saturated rings. The third-order valence-electron chi connectivity index (χ3n) is 1.51. The zero-order valence-corrected chi connectivity index (χ0v) is 11.4. The maximum atomic E-state index is 4.93. The van der Waals surface area contributed by atoms with Gasteiger partial charge in [-0.25, -0.2) is 0 Å². The molecule has 0 aromatic carbocycles. The second-order valence-electron chi connectivity index (χ2n) is 2.62. The Morgan fingerprint density at radius 3 is 2.33 bits per heavy atom. The number of hydrogen-bond acceptors (Lipinski definition) is 0. The van der Waals surface area contributed by atoms with Crippen LogP contribution in [0.5, 0.6) is 0 Å². The van der Waals surface area contributed by atoms with E-state index in [1.807, 2.05) is 0 Å². The Bertz CT molecular complexity index is 173. The van der Waals surface area contributed by atoms with Crippen molar-refractivity contribution in [3.05, 3.63) is 29.7 Å². The van der Waals surface area contributed by atoms with Gasteiger partial charge in [-0.2, -0.15) is 0 Å². The third kappa shape index (κ3) is 6.46. The summed E-state index contributed by atoms with van der Waals surface area (Å²) in [6.45, 7) is 4.35. The molecule has 3 heteroatoms. The third-order valence-corrected chi connectivity index (χ3v) is 1.51. The summed E-state index contributed by atoms with van der Waals surface area (Å²) in [7, 11) is 9.87. The zero-order valence-electron chi connectivity index (χ0n) is 7.40. The van der Waals surface area contributed by atoms with Crippen LogP contribution in [0, 0.1) is 6.42 Å². The maximum absolute atomic E-state index is 4.93. The summed E-state index contributed by atoms with van der Waals surface area (Å²) < 4.78 is 0. The molecule has 0 spiro atoms. The number of allylic oxidation sites excluding steroid dienone is 4. The molecule has 0 aromatic heterocycles. The molecule has 0 atom stereocenters. The van der Waals surface area contributed by atoms with Crippen LogP contribution in [0.4, 0.5) is 0 Å². The number of rotatable bonds is 2. The molecular formula is C9H13Cl2Zr. The van der Waals surface area contributed by atoms with E-state index in [-0.39, 0.29) is 0 Å². The fraction of sp³-hybridized carbons (Fsp3) is 0.444. The van der Waals surface area contributed by atoms with Gasteiger partial charge in [0.15, 0.2) is 0 Å². The molecule has 12 heavy (non-hydrogen) atoms. The molecule has 1 radical (unpaired) electrons. The van der Waals surface area contributed by atoms with Gasteiger partial charge in [-0.05, 0) is 13.3 Å². The molecule has 0 saturated carbocycles. The van der Waals surface area contributed by atoms with Crippen molar-refractivity contribution in [2.24, 2.45) is 0 Å². The first-order valence-electron chi connectivity index (χ1n) is 3.93. The molecule has 1 aliphatic rings. The van der Waals surface area contributed by atoms with Crippen LogP contribution in [0.2, 0.25) is 0 Å². The first-order valence-corrected chi connectivity index (χ1v) is 10.3. The molecule has 0 unspecified atom stereocenters. The van der Waals surface area contributed by atoms with Crippen molar-refractivity contribution >= 4 is 17.0 Å². The van der Waals surface area contributed by atoms with Gasteiger partial charge >= 0.3 is 37.9 Å². The van der Waals surface area contributed by atoms with Crippen molar-refractivity contribution in [3.8, 4) is 0 Å². The Labute approximate surface area is 93.7 Å². The summed E-state index contributed by atoms with van der Waals surface area (Å²) in [6.07, 6.45) is 9.12. The summed E-state index contributed by atoms with van der Waals surface area (Å²) in [4.78, 5) is 0. The Hall–Kier alpha value is 0.943. The minimum atomic E-state index is -0.826. The molecule has 0 N–H and O–H groups in total. The van der Waals surface area contributed by atoms with Gasteiger partial charge in [0, 0.05) is 6.42 Å². The van der Waals surface area contributed by atoms with Crippen LogP contribution in [0.25, 0.3) is 0 Å². The molecule has 0 aliphatic heterocycles. The second-order valence-corrected chi connectivity index (χ2v) is 6.35. The molecule has 0 amide bonds. The van der Waals surface area contributed by atoms with Gasteiger partial charge in [-0.1, -0.05) is 36.6 Å². The van der Waals surface area contributed by atoms with Gasteiger partial charge in [0.25, 0.3) is 0 Å². The predicted molar refractivity (Wildman–Crippen MR) is 52.8 cm³/mol. The van der Waals surface area contributed by atoms with Gasteiger partial charge in [0.05, 0.1) is 0 Å². The average Bonchev–Trinajstić information content (AvgIpc) is 2.38. The van der Waals surface area contributed by atoms with E-state index in [1.54, 1.807) is 0 Å². The first kappa shape index (κ1) is 12.9. The van der Waals surface area contributed by atoms with E-state index in [4.69, 9.17) is 17.0 Å². The van der Waals surface area contributed by atoms with Crippen molar-refractivity contribution < 1.29 is 20.8 Å². The standard InChI is InChI=1S/C9H13.2ClH.Zr/c1-3-4-9-6-5-8(2)7-9;;;/h5-7H,3-4H2,1-2H3;2*1H;/q;;;+2/p-2. The van der Waals surface area contributed by atoms with E-state index in [2.05, 4.69) is 32.4 Å². The Morgan fingerprint density at radius 2 is 2.00 bits per heavy atom. The Kier molecular flexibility index (Phi) is 9.21. The molecule has 0 heterocycles. The topological polar surface area (TPSA) is 0 Å². The Balaban J connectivity index is 0.000000354. The van der Waals surface area contributed by atoms with E-state index >= 15 is 0 Å². The molecular weight excluding hydrogens is 270 g/mol. The van der Waals surface area contributed by atoms with Crippen molar-refractivity contribution in [1.29, 1.82) is 0 Å². The van der Waals surface area contributed by atoms with E-state index in [0.717, 1.165) is 0 Å². The van der Waals surface area contributed by atoms with Crippen molar-refractivity contribution in [2.45, 2.75) is 26.7 Å². The predicted octanol–water partition coefficient (Wildman–Crippen LogP) is 4.25. The quantitative estimate of drug-likeness (QED) is 0.710. The van der Waals surface area contributed by atoms with Crippen LogP contribution in [0.15, 0.2) is 23.3 Å². The summed E-state index contributed by atoms with van der Waals surface area (Å²) in [5.74, 6) is 0. The molecule has 1 rings (SSSR count). The SMILES string of the molecule is CCCC1=C[CH]C(C)=C1.[Cl][Zr][Cl]. The van der Waals surface area contributed by atoms with E-state index in [9.17, 15) is 0 Å². The molecule has 0 nitrogen and oxygen atoms in total. The van der Waals surface area contributed by atoms with Crippen molar-refractivity contribution in [3.63, 3.8) is 0 Å². The van der Waals surface area contributed by atoms with Crippen LogP contribution in [-0.2, 0) is 20.8 Å². The summed E-state index contributed by atoms with van der Waals surface area (Å²) in [6, 6.07) is 0. The van der Waals surface area contributed by atoms with Crippen LogP contribution in [0.1, 0.15) is 26.7 Å². The summed E-state index contributed by atoms with van der Waals surface area (Å²) >= 11 is -0.826. The van der Waals surface area contributed by atoms with Crippen LogP contribution in [0.3, 0.4) is 0 Å². The fourth-order valence-corrected chi connectivity index (χ4v) is 1.07. The van der Waals surface area contributed by atoms with Crippen molar-refractivity contribution in [2.75, 3.05) is 0 Å². The molecule has 0 saturated heterocycles. The molecule has 0 bridgehead atoms. The fourth-order valence-electron chi connectivity index (χ4n) is 1.07. The van der Waals surface area contributed by atoms with Gasteiger partial charge in [-0.15, -0.1) is 0 Å². The van der Waals surface area contributed by atoms with Gasteiger partial charge in [0.1, 0.15) is 0 Å². The number of halogens is 2. The molecule has 1 aliphatic carbocycles. The zero-order chi connectivity index (χ0) is 9.40. The molecule has 0 aromatic rings. The normalized spacial score (nSPS) is 14.3. The summed E-state index contributed by atoms with van der Waals surface area (Å²) in [5.41, 5.74) is 2.87. The van der Waals surface area contributed by atoms with E-state index in [1.165, 1.54) is 24.0 Å². The van der Waals surface area contributed by atoms with Gasteiger partial charge in [0.2, 0.25) is 0 Å².